The number of rotatable bonds is 7. The lowest BCUT2D eigenvalue weighted by Gasteiger charge is -2.40. The summed E-state index contributed by atoms with van der Waals surface area (Å²) in [6.07, 6.45) is 4.47. The molecule has 1 saturated carbocycles. The van der Waals surface area contributed by atoms with Crippen molar-refractivity contribution in [2.75, 3.05) is 6.61 Å². The molecule has 0 N–H and O–H groups in total. The number of ether oxygens (including phenoxy) is 1. The molecule has 1 aliphatic carbocycles. The van der Waals surface area contributed by atoms with E-state index in [4.69, 9.17) is 21.3 Å². The molecule has 1 aliphatic rings. The molecular formula is C24H24ClN3O2. The standard InChI is InChI=1S/C24H24ClN3O2/c1-17(29)30-16-5-9-21-22(18-7-3-2-4-8-18)27-28-23(26-21)24(14-6-15-24)19-10-12-20(25)13-11-19/h2-4,7-8,10-13H,5-6,9,14-16H2,1H3. The number of hydrogen-bond acceptors (Lipinski definition) is 5. The van der Waals surface area contributed by atoms with Gasteiger partial charge in [0, 0.05) is 17.5 Å². The summed E-state index contributed by atoms with van der Waals surface area (Å²) >= 11 is 6.10. The van der Waals surface area contributed by atoms with Gasteiger partial charge >= 0.3 is 5.97 Å². The molecule has 0 bridgehead atoms. The Labute approximate surface area is 181 Å². The summed E-state index contributed by atoms with van der Waals surface area (Å²) in [5.74, 6) is 0.495. The van der Waals surface area contributed by atoms with Crippen LogP contribution in [0.1, 0.15) is 49.7 Å². The van der Waals surface area contributed by atoms with E-state index < -0.39 is 0 Å². The van der Waals surface area contributed by atoms with E-state index in [1.165, 1.54) is 12.5 Å². The summed E-state index contributed by atoms with van der Waals surface area (Å²) in [7, 11) is 0. The van der Waals surface area contributed by atoms with E-state index in [1.54, 1.807) is 0 Å². The number of esters is 1. The van der Waals surface area contributed by atoms with Gasteiger partial charge in [-0.25, -0.2) is 4.98 Å². The monoisotopic (exact) mass is 421 g/mol. The Balaban J connectivity index is 1.69. The van der Waals surface area contributed by atoms with Crippen LogP contribution in [0.5, 0.6) is 0 Å². The molecule has 0 saturated heterocycles. The van der Waals surface area contributed by atoms with Gasteiger partial charge in [-0.05, 0) is 43.4 Å². The molecule has 3 aromatic rings. The molecule has 1 fully saturated rings. The number of carbonyl (C=O) groups is 1. The predicted molar refractivity (Wildman–Crippen MR) is 116 cm³/mol. The van der Waals surface area contributed by atoms with Crippen LogP contribution in [0, 0.1) is 0 Å². The normalized spacial score (nSPS) is 14.7. The highest BCUT2D eigenvalue weighted by Gasteiger charge is 2.43. The van der Waals surface area contributed by atoms with Gasteiger partial charge in [-0.3, -0.25) is 4.79 Å². The lowest BCUT2D eigenvalue weighted by atomic mass is 9.64. The van der Waals surface area contributed by atoms with Gasteiger partial charge in [0.15, 0.2) is 5.82 Å². The van der Waals surface area contributed by atoms with Gasteiger partial charge in [-0.15, -0.1) is 10.2 Å². The average molecular weight is 422 g/mol. The Morgan fingerprint density at radius 3 is 2.43 bits per heavy atom. The van der Waals surface area contributed by atoms with Crippen LogP contribution in [0.3, 0.4) is 0 Å². The van der Waals surface area contributed by atoms with E-state index in [-0.39, 0.29) is 11.4 Å². The maximum Gasteiger partial charge on any atom is 0.302 e. The van der Waals surface area contributed by atoms with Crippen molar-refractivity contribution in [3.8, 4) is 11.3 Å². The first-order valence-corrected chi connectivity index (χ1v) is 10.7. The van der Waals surface area contributed by atoms with Crippen molar-refractivity contribution in [2.24, 2.45) is 0 Å². The maximum atomic E-state index is 11.1. The second-order valence-corrected chi connectivity index (χ2v) is 8.12. The highest BCUT2D eigenvalue weighted by Crippen LogP contribution is 2.47. The van der Waals surface area contributed by atoms with Gasteiger partial charge in [0.1, 0.15) is 5.69 Å². The number of aromatic nitrogens is 3. The minimum Gasteiger partial charge on any atom is -0.466 e. The van der Waals surface area contributed by atoms with Crippen LogP contribution >= 0.6 is 11.6 Å². The minimum atomic E-state index is -0.268. The molecule has 0 spiro atoms. The molecule has 6 heteroatoms. The Hall–Kier alpha value is -2.79. The molecule has 0 unspecified atom stereocenters. The summed E-state index contributed by atoms with van der Waals surface area (Å²) in [5, 5.41) is 9.91. The summed E-state index contributed by atoms with van der Waals surface area (Å²) in [6, 6.07) is 17.9. The van der Waals surface area contributed by atoms with Crippen LogP contribution in [-0.2, 0) is 21.4 Å². The Morgan fingerprint density at radius 2 is 1.80 bits per heavy atom. The quantitative estimate of drug-likeness (QED) is 0.389. The summed E-state index contributed by atoms with van der Waals surface area (Å²) in [4.78, 5) is 16.1. The molecule has 1 aromatic heterocycles. The summed E-state index contributed by atoms with van der Waals surface area (Å²) < 4.78 is 5.10. The summed E-state index contributed by atoms with van der Waals surface area (Å²) in [6.45, 7) is 1.79. The third-order valence-corrected chi connectivity index (χ3v) is 5.95. The molecule has 1 heterocycles. The van der Waals surface area contributed by atoms with Crippen LogP contribution in [0.15, 0.2) is 54.6 Å². The number of benzene rings is 2. The highest BCUT2D eigenvalue weighted by atomic mass is 35.5. The molecule has 0 aliphatic heterocycles. The Bertz CT molecular complexity index is 1020. The van der Waals surface area contributed by atoms with E-state index in [9.17, 15) is 4.79 Å². The van der Waals surface area contributed by atoms with Crippen molar-refractivity contribution in [3.63, 3.8) is 0 Å². The second kappa shape index (κ2) is 8.92. The van der Waals surface area contributed by atoms with Gasteiger partial charge in [-0.1, -0.05) is 60.5 Å². The maximum absolute atomic E-state index is 11.1. The zero-order valence-corrected chi connectivity index (χ0v) is 17.7. The van der Waals surface area contributed by atoms with Crippen molar-refractivity contribution in [3.05, 3.63) is 76.7 Å². The lowest BCUT2D eigenvalue weighted by molar-refractivity contribution is -0.141. The zero-order valence-electron chi connectivity index (χ0n) is 17.0. The number of hydrogen-bond donors (Lipinski definition) is 0. The third-order valence-electron chi connectivity index (χ3n) is 5.70. The van der Waals surface area contributed by atoms with Gasteiger partial charge < -0.3 is 4.74 Å². The first kappa shape index (κ1) is 20.5. The number of carbonyl (C=O) groups excluding carboxylic acids is 1. The fraction of sp³-hybridized carbons (Fsp3) is 0.333. The van der Waals surface area contributed by atoms with Crippen molar-refractivity contribution in [1.29, 1.82) is 0 Å². The van der Waals surface area contributed by atoms with E-state index in [0.29, 0.717) is 19.4 Å². The van der Waals surface area contributed by atoms with E-state index in [0.717, 1.165) is 47.1 Å². The molecule has 5 nitrogen and oxygen atoms in total. The third kappa shape index (κ3) is 4.21. The average Bonchev–Trinajstić information content (AvgIpc) is 2.72. The smallest absolute Gasteiger partial charge is 0.302 e. The number of nitrogens with zero attached hydrogens (tertiary/aromatic N) is 3. The Morgan fingerprint density at radius 1 is 1.07 bits per heavy atom. The largest absolute Gasteiger partial charge is 0.466 e. The van der Waals surface area contributed by atoms with E-state index >= 15 is 0 Å². The van der Waals surface area contributed by atoms with Crippen molar-refractivity contribution in [1.82, 2.24) is 15.2 Å². The molecule has 0 radical (unpaired) electrons. The molecule has 0 atom stereocenters. The van der Waals surface area contributed by atoms with Crippen LogP contribution < -0.4 is 0 Å². The molecule has 154 valence electrons. The highest BCUT2D eigenvalue weighted by molar-refractivity contribution is 6.30. The fourth-order valence-electron chi connectivity index (χ4n) is 3.95. The molecule has 0 amide bonds. The minimum absolute atomic E-state index is 0.211. The van der Waals surface area contributed by atoms with Gasteiger partial charge in [0.25, 0.3) is 0 Å². The fourth-order valence-corrected chi connectivity index (χ4v) is 4.08. The topological polar surface area (TPSA) is 65.0 Å². The molecule has 2 aromatic carbocycles. The second-order valence-electron chi connectivity index (χ2n) is 7.68. The van der Waals surface area contributed by atoms with Gasteiger partial charge in [0.05, 0.1) is 17.7 Å². The lowest BCUT2D eigenvalue weighted by Crippen LogP contribution is -2.38. The first-order chi connectivity index (χ1) is 14.6. The first-order valence-electron chi connectivity index (χ1n) is 10.3. The van der Waals surface area contributed by atoms with Gasteiger partial charge in [0.2, 0.25) is 0 Å². The van der Waals surface area contributed by atoms with Crippen LogP contribution in [0.4, 0.5) is 0 Å². The van der Waals surface area contributed by atoms with Crippen LogP contribution in [0.2, 0.25) is 5.02 Å². The van der Waals surface area contributed by atoms with Crippen molar-refractivity contribution >= 4 is 17.6 Å². The van der Waals surface area contributed by atoms with Crippen LogP contribution in [0.25, 0.3) is 11.3 Å². The van der Waals surface area contributed by atoms with Crippen molar-refractivity contribution in [2.45, 2.75) is 44.4 Å². The van der Waals surface area contributed by atoms with E-state index in [1.807, 2.05) is 42.5 Å². The SMILES string of the molecule is CC(=O)OCCCc1nc(C2(c3ccc(Cl)cc3)CCC2)nnc1-c1ccccc1. The number of halogens is 1. The molecule has 30 heavy (non-hydrogen) atoms. The summed E-state index contributed by atoms with van der Waals surface area (Å²) in [5.41, 5.74) is 3.63. The zero-order chi connectivity index (χ0) is 21.0. The number of aryl methyl sites for hydroxylation is 1. The molecule has 4 rings (SSSR count). The van der Waals surface area contributed by atoms with Crippen molar-refractivity contribution < 1.29 is 9.53 Å². The Kier molecular flexibility index (Phi) is 6.09. The predicted octanol–water partition coefficient (Wildman–Crippen LogP) is 5.16. The molecular weight excluding hydrogens is 398 g/mol. The van der Waals surface area contributed by atoms with Crippen LogP contribution in [-0.4, -0.2) is 27.8 Å². The van der Waals surface area contributed by atoms with Gasteiger partial charge in [-0.2, -0.15) is 0 Å². The van der Waals surface area contributed by atoms with E-state index in [2.05, 4.69) is 22.3 Å².